The second-order valence-electron chi connectivity index (χ2n) is 3.30. The van der Waals surface area contributed by atoms with E-state index >= 15 is 0 Å². The first-order valence-corrected chi connectivity index (χ1v) is 4.57. The average Bonchev–Trinajstić information content (AvgIpc) is 2.71. The van der Waals surface area contributed by atoms with Crippen LogP contribution in [0.2, 0.25) is 0 Å². The molecule has 0 aliphatic rings. The summed E-state index contributed by atoms with van der Waals surface area (Å²) in [5, 5.41) is 10.9. The number of rotatable bonds is 3. The Morgan fingerprint density at radius 1 is 1.33 bits per heavy atom. The summed E-state index contributed by atoms with van der Waals surface area (Å²) < 4.78 is 1.57. The number of tetrazole rings is 1. The van der Waals surface area contributed by atoms with Crippen LogP contribution in [0.3, 0.4) is 0 Å². The number of hydrogen-bond donors (Lipinski definition) is 0. The van der Waals surface area contributed by atoms with Crippen molar-refractivity contribution in [3.8, 4) is 5.69 Å². The molecule has 0 saturated carbocycles. The maximum Gasteiger partial charge on any atom is 0.143 e. The maximum absolute atomic E-state index is 10.9. The minimum Gasteiger partial charge on any atom is -0.300 e. The van der Waals surface area contributed by atoms with Crippen LogP contribution in [0, 0.1) is 0 Å². The predicted molar refractivity (Wildman–Crippen MR) is 53.5 cm³/mol. The molecule has 1 aromatic carbocycles. The molecule has 0 amide bonds. The molecule has 15 heavy (non-hydrogen) atoms. The molecule has 0 radical (unpaired) electrons. The Labute approximate surface area is 86.7 Å². The number of Topliss-reactive ketones (excluding diaryl/α,β-unsaturated/α-hetero) is 1. The second-order valence-corrected chi connectivity index (χ2v) is 3.30. The summed E-state index contributed by atoms with van der Waals surface area (Å²) in [6, 6.07) is 7.57. The van der Waals surface area contributed by atoms with Gasteiger partial charge in [-0.3, -0.25) is 4.79 Å². The Bertz CT molecular complexity index is 447. The molecule has 0 saturated heterocycles. The van der Waals surface area contributed by atoms with E-state index in [0.29, 0.717) is 6.42 Å². The highest BCUT2D eigenvalue weighted by molar-refractivity contribution is 5.78. The summed E-state index contributed by atoms with van der Waals surface area (Å²) in [4.78, 5) is 10.9. The SMILES string of the molecule is CC(=O)Cc1ccc(-n2cnnn2)cc1. The highest BCUT2D eigenvalue weighted by Crippen LogP contribution is 2.08. The lowest BCUT2D eigenvalue weighted by atomic mass is 10.1. The minimum absolute atomic E-state index is 0.158. The van der Waals surface area contributed by atoms with Crippen molar-refractivity contribution in [2.45, 2.75) is 13.3 Å². The zero-order valence-electron chi connectivity index (χ0n) is 8.29. The fraction of sp³-hybridized carbons (Fsp3) is 0.200. The van der Waals surface area contributed by atoms with Crippen molar-refractivity contribution in [2.24, 2.45) is 0 Å². The van der Waals surface area contributed by atoms with Crippen molar-refractivity contribution in [1.82, 2.24) is 20.2 Å². The summed E-state index contributed by atoms with van der Waals surface area (Å²) in [6.45, 7) is 1.58. The van der Waals surface area contributed by atoms with Gasteiger partial charge in [0.2, 0.25) is 0 Å². The molecule has 0 aliphatic carbocycles. The lowest BCUT2D eigenvalue weighted by Crippen LogP contribution is -1.98. The van der Waals surface area contributed by atoms with Gasteiger partial charge in [-0.2, -0.15) is 0 Å². The van der Waals surface area contributed by atoms with Gasteiger partial charge in [-0.1, -0.05) is 12.1 Å². The number of benzene rings is 1. The molecule has 0 unspecified atom stereocenters. The first kappa shape index (κ1) is 9.51. The van der Waals surface area contributed by atoms with Crippen LogP contribution >= 0.6 is 0 Å². The van der Waals surface area contributed by atoms with E-state index in [1.54, 1.807) is 11.6 Å². The molecule has 1 aromatic heterocycles. The fourth-order valence-electron chi connectivity index (χ4n) is 1.33. The smallest absolute Gasteiger partial charge is 0.143 e. The van der Waals surface area contributed by atoms with E-state index in [1.807, 2.05) is 24.3 Å². The van der Waals surface area contributed by atoms with E-state index in [9.17, 15) is 4.79 Å². The monoisotopic (exact) mass is 202 g/mol. The molecule has 0 aliphatic heterocycles. The summed E-state index contributed by atoms with van der Waals surface area (Å²) in [5.41, 5.74) is 1.88. The average molecular weight is 202 g/mol. The minimum atomic E-state index is 0.158. The van der Waals surface area contributed by atoms with Crippen LogP contribution < -0.4 is 0 Å². The number of ketones is 1. The van der Waals surface area contributed by atoms with Crippen molar-refractivity contribution in [1.29, 1.82) is 0 Å². The Kier molecular flexibility index (Phi) is 2.53. The zero-order chi connectivity index (χ0) is 10.7. The van der Waals surface area contributed by atoms with Gasteiger partial charge in [-0.15, -0.1) is 5.10 Å². The third kappa shape index (κ3) is 2.25. The van der Waals surface area contributed by atoms with Crippen LogP contribution in [0.4, 0.5) is 0 Å². The van der Waals surface area contributed by atoms with Gasteiger partial charge in [0.15, 0.2) is 0 Å². The lowest BCUT2D eigenvalue weighted by molar-refractivity contribution is -0.116. The number of nitrogens with zero attached hydrogens (tertiary/aromatic N) is 4. The Balaban J connectivity index is 2.21. The standard InChI is InChI=1S/C10H10N4O/c1-8(15)6-9-2-4-10(5-3-9)14-7-11-12-13-14/h2-5,7H,6H2,1H3. The normalized spacial score (nSPS) is 10.2. The van der Waals surface area contributed by atoms with Gasteiger partial charge in [0.25, 0.3) is 0 Å². The molecule has 0 atom stereocenters. The number of carbonyl (C=O) groups is 1. The van der Waals surface area contributed by atoms with Gasteiger partial charge in [-0.05, 0) is 35.0 Å². The zero-order valence-corrected chi connectivity index (χ0v) is 8.29. The molecule has 0 spiro atoms. The lowest BCUT2D eigenvalue weighted by Gasteiger charge is -2.01. The van der Waals surface area contributed by atoms with Crippen LogP contribution in [-0.2, 0) is 11.2 Å². The van der Waals surface area contributed by atoms with Crippen LogP contribution in [0.1, 0.15) is 12.5 Å². The molecule has 5 heteroatoms. The Morgan fingerprint density at radius 2 is 2.07 bits per heavy atom. The van der Waals surface area contributed by atoms with Gasteiger partial charge in [0.1, 0.15) is 12.1 Å². The van der Waals surface area contributed by atoms with Crippen LogP contribution in [0.5, 0.6) is 0 Å². The highest BCUT2D eigenvalue weighted by atomic mass is 16.1. The summed E-state index contributed by atoms with van der Waals surface area (Å²) in [7, 11) is 0. The van der Waals surface area contributed by atoms with Crippen molar-refractivity contribution in [2.75, 3.05) is 0 Å². The topological polar surface area (TPSA) is 60.7 Å². The molecule has 0 bridgehead atoms. The molecular weight excluding hydrogens is 192 g/mol. The van der Waals surface area contributed by atoms with Crippen molar-refractivity contribution < 1.29 is 4.79 Å². The fourth-order valence-corrected chi connectivity index (χ4v) is 1.33. The molecular formula is C10H10N4O. The highest BCUT2D eigenvalue weighted by Gasteiger charge is 2.00. The van der Waals surface area contributed by atoms with Gasteiger partial charge in [-0.25, -0.2) is 4.68 Å². The summed E-state index contributed by atoms with van der Waals surface area (Å²) in [5.74, 6) is 0.158. The van der Waals surface area contributed by atoms with E-state index < -0.39 is 0 Å². The largest absolute Gasteiger partial charge is 0.300 e. The van der Waals surface area contributed by atoms with Crippen molar-refractivity contribution in [3.63, 3.8) is 0 Å². The molecule has 0 N–H and O–H groups in total. The quantitative estimate of drug-likeness (QED) is 0.738. The summed E-state index contributed by atoms with van der Waals surface area (Å²) >= 11 is 0. The molecule has 0 fully saturated rings. The van der Waals surface area contributed by atoms with Crippen LogP contribution in [0.15, 0.2) is 30.6 Å². The van der Waals surface area contributed by atoms with Crippen LogP contribution in [0.25, 0.3) is 5.69 Å². The van der Waals surface area contributed by atoms with Gasteiger partial charge >= 0.3 is 0 Å². The van der Waals surface area contributed by atoms with E-state index in [4.69, 9.17) is 0 Å². The number of aromatic nitrogens is 4. The molecule has 76 valence electrons. The van der Waals surface area contributed by atoms with E-state index in [-0.39, 0.29) is 5.78 Å². The predicted octanol–water partition coefficient (Wildman–Crippen LogP) is 0.794. The van der Waals surface area contributed by atoms with Gasteiger partial charge in [0, 0.05) is 6.42 Å². The molecule has 2 aromatic rings. The second kappa shape index (κ2) is 4.00. The van der Waals surface area contributed by atoms with Crippen molar-refractivity contribution >= 4 is 5.78 Å². The molecule has 1 heterocycles. The number of hydrogen-bond acceptors (Lipinski definition) is 4. The van der Waals surface area contributed by atoms with E-state index in [1.165, 1.54) is 6.33 Å². The summed E-state index contributed by atoms with van der Waals surface area (Å²) in [6.07, 6.45) is 2.00. The van der Waals surface area contributed by atoms with Crippen LogP contribution in [-0.4, -0.2) is 26.0 Å². The molecule has 5 nitrogen and oxygen atoms in total. The van der Waals surface area contributed by atoms with Crippen molar-refractivity contribution in [3.05, 3.63) is 36.2 Å². The third-order valence-electron chi connectivity index (χ3n) is 2.00. The Morgan fingerprint density at radius 3 is 2.60 bits per heavy atom. The van der Waals surface area contributed by atoms with Gasteiger partial charge in [0.05, 0.1) is 5.69 Å². The van der Waals surface area contributed by atoms with E-state index in [2.05, 4.69) is 15.5 Å². The first-order chi connectivity index (χ1) is 7.25. The maximum atomic E-state index is 10.9. The molecule has 2 rings (SSSR count). The third-order valence-corrected chi connectivity index (χ3v) is 2.00. The van der Waals surface area contributed by atoms with E-state index in [0.717, 1.165) is 11.3 Å². The number of carbonyl (C=O) groups excluding carboxylic acids is 1. The first-order valence-electron chi connectivity index (χ1n) is 4.57. The Hall–Kier alpha value is -2.04. The van der Waals surface area contributed by atoms with Gasteiger partial charge < -0.3 is 0 Å².